The van der Waals surface area contributed by atoms with E-state index in [1.165, 1.54) is 0 Å². The second-order valence-corrected chi connectivity index (χ2v) is 6.11. The number of carbonyl (C=O) groups excluding carboxylic acids is 1. The van der Waals surface area contributed by atoms with Crippen LogP contribution in [-0.2, 0) is 4.79 Å². The lowest BCUT2D eigenvalue weighted by Crippen LogP contribution is -2.16. The van der Waals surface area contributed by atoms with Crippen LogP contribution in [-0.4, -0.2) is 17.6 Å². The summed E-state index contributed by atoms with van der Waals surface area (Å²) < 4.78 is 0. The highest BCUT2D eigenvalue weighted by molar-refractivity contribution is 6.33. The molecule has 1 aromatic rings. The number of aliphatic hydroxyl groups excluding tert-OH is 1. The molecule has 0 saturated heterocycles. The largest absolute Gasteiger partial charge is 0.395 e. The highest BCUT2D eigenvalue weighted by atomic mass is 35.5. The summed E-state index contributed by atoms with van der Waals surface area (Å²) in [7, 11) is 0. The molecule has 0 aliphatic heterocycles. The quantitative estimate of drug-likeness (QED) is 0.841. The van der Waals surface area contributed by atoms with Gasteiger partial charge < -0.3 is 10.4 Å². The third kappa shape index (κ3) is 3.53. The molecule has 2 N–H and O–H groups in total. The van der Waals surface area contributed by atoms with E-state index in [9.17, 15) is 4.79 Å². The van der Waals surface area contributed by atoms with Crippen molar-refractivity contribution in [3.63, 3.8) is 0 Å². The minimum atomic E-state index is 0.0115. The van der Waals surface area contributed by atoms with Gasteiger partial charge in [-0.2, -0.15) is 0 Å². The molecule has 1 fully saturated rings. The Balaban J connectivity index is 2.10. The maximum Gasteiger partial charge on any atom is 0.228 e. The molecule has 20 heavy (non-hydrogen) atoms. The first kappa shape index (κ1) is 14.9. The molecule has 0 radical (unpaired) electrons. The average Bonchev–Trinajstić information content (AvgIpc) is 3.03. The van der Waals surface area contributed by atoms with Gasteiger partial charge in [0, 0.05) is 17.9 Å². The van der Waals surface area contributed by atoms with Crippen LogP contribution in [0.2, 0.25) is 5.02 Å². The summed E-state index contributed by atoms with van der Waals surface area (Å²) in [6.07, 6.45) is 1.34. The van der Waals surface area contributed by atoms with Crippen LogP contribution in [0.3, 0.4) is 0 Å². The van der Waals surface area contributed by atoms with Crippen LogP contribution in [0.15, 0.2) is 18.2 Å². The Morgan fingerprint density at radius 2 is 2.25 bits per heavy atom. The number of aliphatic hydroxyl groups is 1. The maximum absolute atomic E-state index is 12.1. The molecule has 106 valence electrons. The zero-order valence-electron chi connectivity index (χ0n) is 11.7. The summed E-state index contributed by atoms with van der Waals surface area (Å²) in [6, 6.07) is 5.28. The van der Waals surface area contributed by atoms with Gasteiger partial charge in [-0.05, 0) is 30.0 Å². The second-order valence-electron chi connectivity index (χ2n) is 5.70. The van der Waals surface area contributed by atoms with Crippen LogP contribution >= 0.6 is 11.6 Å². The molecule has 0 spiro atoms. The highest BCUT2D eigenvalue weighted by Gasteiger charge is 2.50. The van der Waals surface area contributed by atoms with Crippen molar-refractivity contribution in [1.82, 2.24) is 0 Å². The molecule has 1 saturated carbocycles. The lowest BCUT2D eigenvalue weighted by Gasteiger charge is -2.08. The van der Waals surface area contributed by atoms with E-state index in [-0.39, 0.29) is 23.8 Å². The fraction of sp³-hybridized carbons (Fsp3) is 0.438. The van der Waals surface area contributed by atoms with Crippen molar-refractivity contribution in [2.24, 2.45) is 11.3 Å². The summed E-state index contributed by atoms with van der Waals surface area (Å²) in [5, 5.41) is 12.1. The van der Waals surface area contributed by atoms with Crippen molar-refractivity contribution in [2.75, 3.05) is 11.9 Å². The predicted molar refractivity (Wildman–Crippen MR) is 80.6 cm³/mol. The van der Waals surface area contributed by atoms with E-state index in [0.29, 0.717) is 17.1 Å². The number of benzene rings is 1. The molecule has 1 aliphatic rings. The molecular weight excluding hydrogens is 274 g/mol. The van der Waals surface area contributed by atoms with Crippen LogP contribution in [0.25, 0.3) is 0 Å². The zero-order valence-corrected chi connectivity index (χ0v) is 12.4. The van der Waals surface area contributed by atoms with Crippen LogP contribution in [0, 0.1) is 23.2 Å². The van der Waals surface area contributed by atoms with Crippen molar-refractivity contribution in [1.29, 1.82) is 0 Å². The van der Waals surface area contributed by atoms with E-state index in [2.05, 4.69) is 31.0 Å². The summed E-state index contributed by atoms with van der Waals surface area (Å²) in [4.78, 5) is 12.1. The first-order valence-corrected chi connectivity index (χ1v) is 7.02. The Bertz CT molecular complexity index is 584. The van der Waals surface area contributed by atoms with Crippen molar-refractivity contribution in [3.8, 4) is 11.8 Å². The summed E-state index contributed by atoms with van der Waals surface area (Å²) in [5.74, 6) is 5.84. The van der Waals surface area contributed by atoms with Crippen molar-refractivity contribution in [3.05, 3.63) is 28.8 Å². The van der Waals surface area contributed by atoms with Crippen LogP contribution in [0.5, 0.6) is 0 Å². The topological polar surface area (TPSA) is 49.3 Å². The van der Waals surface area contributed by atoms with Gasteiger partial charge in [0.25, 0.3) is 0 Å². The minimum Gasteiger partial charge on any atom is -0.395 e. The summed E-state index contributed by atoms with van der Waals surface area (Å²) >= 11 is 6.09. The molecular formula is C16H18ClNO2. The monoisotopic (exact) mass is 291 g/mol. The van der Waals surface area contributed by atoms with E-state index in [1.54, 1.807) is 18.2 Å². The SMILES string of the molecule is CC1(C)CC1C(=O)Nc1cc(C#CCCO)ccc1Cl. The van der Waals surface area contributed by atoms with Crippen LogP contribution < -0.4 is 5.32 Å². The zero-order chi connectivity index (χ0) is 14.8. The van der Waals surface area contributed by atoms with Gasteiger partial charge in [0.1, 0.15) is 0 Å². The Labute approximate surface area is 124 Å². The van der Waals surface area contributed by atoms with E-state index in [0.717, 1.165) is 12.0 Å². The molecule has 0 heterocycles. The first-order chi connectivity index (χ1) is 9.44. The molecule has 4 heteroatoms. The Morgan fingerprint density at radius 1 is 1.55 bits per heavy atom. The van der Waals surface area contributed by atoms with Gasteiger partial charge in [-0.1, -0.05) is 37.3 Å². The standard InChI is InChI=1S/C16H18ClNO2/c1-16(2)10-12(16)15(20)18-14-9-11(5-3-4-8-19)6-7-13(14)17/h6-7,9,12,19H,4,8,10H2,1-2H3,(H,18,20). The number of halogens is 1. The van der Waals surface area contributed by atoms with E-state index < -0.39 is 0 Å². The van der Waals surface area contributed by atoms with Gasteiger partial charge in [-0.25, -0.2) is 0 Å². The number of carbonyl (C=O) groups is 1. The van der Waals surface area contributed by atoms with Crippen LogP contribution in [0.1, 0.15) is 32.3 Å². The number of hydrogen-bond acceptors (Lipinski definition) is 2. The summed E-state index contributed by atoms with van der Waals surface area (Å²) in [5.41, 5.74) is 1.46. The maximum atomic E-state index is 12.1. The number of nitrogens with one attached hydrogen (secondary N) is 1. The van der Waals surface area contributed by atoms with Gasteiger partial charge in [-0.15, -0.1) is 0 Å². The minimum absolute atomic E-state index is 0.0115. The molecule has 1 aromatic carbocycles. The number of rotatable bonds is 3. The Kier molecular flexibility index (Phi) is 4.37. The molecule has 3 nitrogen and oxygen atoms in total. The highest BCUT2D eigenvalue weighted by Crippen LogP contribution is 2.52. The van der Waals surface area contributed by atoms with Crippen molar-refractivity contribution < 1.29 is 9.90 Å². The Morgan fingerprint density at radius 3 is 2.85 bits per heavy atom. The lowest BCUT2D eigenvalue weighted by atomic mass is 10.1. The molecule has 0 aromatic heterocycles. The number of hydrogen-bond donors (Lipinski definition) is 2. The molecule has 2 rings (SSSR count). The third-order valence-corrected chi connectivity index (χ3v) is 3.85. The van der Waals surface area contributed by atoms with E-state index >= 15 is 0 Å². The van der Waals surface area contributed by atoms with Gasteiger partial charge >= 0.3 is 0 Å². The molecule has 1 unspecified atom stereocenters. The van der Waals surface area contributed by atoms with Crippen molar-refractivity contribution >= 4 is 23.2 Å². The Hall–Kier alpha value is -1.50. The average molecular weight is 292 g/mol. The normalized spacial score (nSPS) is 18.9. The molecule has 1 aliphatic carbocycles. The fourth-order valence-electron chi connectivity index (χ4n) is 2.05. The number of amides is 1. The van der Waals surface area contributed by atoms with Gasteiger partial charge in [0.05, 0.1) is 17.3 Å². The van der Waals surface area contributed by atoms with Gasteiger partial charge in [0.15, 0.2) is 0 Å². The number of anilines is 1. The lowest BCUT2D eigenvalue weighted by molar-refractivity contribution is -0.118. The predicted octanol–water partition coefficient (Wildman–Crippen LogP) is 3.06. The summed E-state index contributed by atoms with van der Waals surface area (Å²) in [6.45, 7) is 4.20. The third-order valence-electron chi connectivity index (χ3n) is 3.52. The van der Waals surface area contributed by atoms with E-state index in [1.807, 2.05) is 0 Å². The fourth-order valence-corrected chi connectivity index (χ4v) is 2.22. The smallest absolute Gasteiger partial charge is 0.228 e. The first-order valence-electron chi connectivity index (χ1n) is 6.64. The molecule has 1 amide bonds. The van der Waals surface area contributed by atoms with Gasteiger partial charge in [0.2, 0.25) is 5.91 Å². The van der Waals surface area contributed by atoms with Crippen LogP contribution in [0.4, 0.5) is 5.69 Å². The van der Waals surface area contributed by atoms with Crippen molar-refractivity contribution in [2.45, 2.75) is 26.7 Å². The van der Waals surface area contributed by atoms with E-state index in [4.69, 9.17) is 16.7 Å². The molecule has 0 bridgehead atoms. The van der Waals surface area contributed by atoms with Gasteiger partial charge in [-0.3, -0.25) is 4.79 Å². The second kappa shape index (κ2) is 5.87. The molecule has 1 atom stereocenters.